The second-order valence-electron chi connectivity index (χ2n) is 4.48. The molecule has 1 amide bonds. The molecule has 0 bridgehead atoms. The van der Waals surface area contributed by atoms with E-state index in [1.165, 1.54) is 30.0 Å². The summed E-state index contributed by atoms with van der Waals surface area (Å²) in [7, 11) is 0. The first-order valence-corrected chi connectivity index (χ1v) is 7.39. The monoisotopic (exact) mass is 298 g/mol. The highest BCUT2D eigenvalue weighted by Gasteiger charge is 2.20. The quantitative estimate of drug-likeness (QED) is 0.616. The fourth-order valence-electron chi connectivity index (χ4n) is 1.83. The van der Waals surface area contributed by atoms with Crippen molar-refractivity contribution in [3.05, 3.63) is 39.4 Å². The van der Waals surface area contributed by atoms with E-state index in [1.807, 2.05) is 13.2 Å². The van der Waals surface area contributed by atoms with Crippen molar-refractivity contribution in [2.45, 2.75) is 25.1 Å². The molecule has 6 nitrogen and oxygen atoms in total. The lowest BCUT2D eigenvalue weighted by atomic mass is 10.1. The molecule has 1 aromatic rings. The summed E-state index contributed by atoms with van der Waals surface area (Å²) in [6, 6.07) is 3.93. The van der Waals surface area contributed by atoms with Crippen LogP contribution in [0.1, 0.15) is 22.8 Å². The van der Waals surface area contributed by atoms with Crippen molar-refractivity contribution in [2.75, 3.05) is 12.9 Å². The predicted octanol–water partition coefficient (Wildman–Crippen LogP) is 1.75. The summed E-state index contributed by atoms with van der Waals surface area (Å²) < 4.78 is 0. The molecule has 0 heterocycles. The molecular weight excluding hydrogens is 280 g/mol. The Morgan fingerprint density at radius 2 is 2.20 bits per heavy atom. The normalized spacial score (nSPS) is 13.6. The Kier molecular flexibility index (Phi) is 5.97. The van der Waals surface area contributed by atoms with E-state index in [2.05, 4.69) is 5.32 Å². The van der Waals surface area contributed by atoms with Crippen molar-refractivity contribution in [1.29, 1.82) is 0 Å². The number of carbonyl (C=O) groups is 1. The molecule has 7 heteroatoms. The number of rotatable bonds is 6. The minimum atomic E-state index is -0.493. The molecule has 0 aliphatic carbocycles. The number of hydrogen-bond acceptors (Lipinski definition) is 5. The van der Waals surface area contributed by atoms with E-state index in [1.54, 1.807) is 6.92 Å². The highest BCUT2D eigenvalue weighted by Crippen LogP contribution is 2.18. The number of aryl methyl sites for hydroxylation is 1. The summed E-state index contributed by atoms with van der Waals surface area (Å²) in [5.74, 6) is -0.294. The van der Waals surface area contributed by atoms with Crippen molar-refractivity contribution in [2.24, 2.45) is 0 Å². The van der Waals surface area contributed by atoms with E-state index in [4.69, 9.17) is 0 Å². The molecule has 0 radical (unpaired) electrons. The van der Waals surface area contributed by atoms with E-state index in [0.717, 1.165) is 0 Å². The number of aliphatic hydroxyl groups is 1. The summed E-state index contributed by atoms with van der Waals surface area (Å²) in [4.78, 5) is 22.3. The number of carbonyl (C=O) groups excluding carboxylic acids is 1. The van der Waals surface area contributed by atoms with Crippen LogP contribution in [0, 0.1) is 17.0 Å². The first-order valence-electron chi connectivity index (χ1n) is 6.10. The summed E-state index contributed by atoms with van der Waals surface area (Å²) in [6.45, 7) is 3.45. The number of nitro benzene ring substituents is 1. The third-order valence-electron chi connectivity index (χ3n) is 3.06. The van der Waals surface area contributed by atoms with Gasteiger partial charge < -0.3 is 10.4 Å². The van der Waals surface area contributed by atoms with Gasteiger partial charge in [-0.1, -0.05) is 0 Å². The minimum Gasteiger partial charge on any atom is -0.395 e. The van der Waals surface area contributed by atoms with E-state index >= 15 is 0 Å². The van der Waals surface area contributed by atoms with Crippen LogP contribution in [0.4, 0.5) is 5.69 Å². The number of aliphatic hydroxyl groups excluding tert-OH is 1. The number of nitrogens with zero attached hydrogens (tertiary/aromatic N) is 1. The van der Waals surface area contributed by atoms with E-state index in [-0.39, 0.29) is 29.5 Å². The molecule has 0 aliphatic rings. The number of nitrogens with one attached hydrogen (secondary N) is 1. The molecule has 110 valence electrons. The Hall–Kier alpha value is -1.60. The van der Waals surface area contributed by atoms with Crippen LogP contribution in [0.5, 0.6) is 0 Å². The molecule has 0 aliphatic heterocycles. The Morgan fingerprint density at radius 1 is 1.55 bits per heavy atom. The zero-order valence-electron chi connectivity index (χ0n) is 11.6. The number of thioether (sulfide) groups is 1. The molecule has 0 saturated carbocycles. The average molecular weight is 298 g/mol. The lowest BCUT2D eigenvalue weighted by Crippen LogP contribution is -2.41. The van der Waals surface area contributed by atoms with Gasteiger partial charge in [0, 0.05) is 29.0 Å². The van der Waals surface area contributed by atoms with Gasteiger partial charge in [0.2, 0.25) is 0 Å². The molecule has 0 spiro atoms. The smallest absolute Gasteiger partial charge is 0.269 e. The van der Waals surface area contributed by atoms with Crippen LogP contribution >= 0.6 is 11.8 Å². The first-order chi connectivity index (χ1) is 9.40. The SMILES string of the molecule is CSC(CO)C(C)NC(=O)c1ccc([N+](=O)[O-])cc1C. The molecule has 0 fully saturated rings. The average Bonchev–Trinajstić information content (AvgIpc) is 2.39. The number of non-ortho nitro benzene ring substituents is 1. The van der Waals surface area contributed by atoms with Gasteiger partial charge in [0.1, 0.15) is 0 Å². The molecule has 1 rings (SSSR count). The van der Waals surface area contributed by atoms with Crippen molar-refractivity contribution >= 4 is 23.4 Å². The molecule has 20 heavy (non-hydrogen) atoms. The zero-order chi connectivity index (χ0) is 15.3. The summed E-state index contributed by atoms with van der Waals surface area (Å²) in [5.41, 5.74) is 0.915. The van der Waals surface area contributed by atoms with E-state index in [9.17, 15) is 20.0 Å². The van der Waals surface area contributed by atoms with Gasteiger partial charge >= 0.3 is 0 Å². The molecule has 2 N–H and O–H groups in total. The van der Waals surface area contributed by atoms with Gasteiger partial charge in [-0.25, -0.2) is 0 Å². The maximum absolute atomic E-state index is 12.1. The van der Waals surface area contributed by atoms with E-state index < -0.39 is 4.92 Å². The van der Waals surface area contributed by atoms with Gasteiger partial charge in [0.15, 0.2) is 0 Å². The van der Waals surface area contributed by atoms with Gasteiger partial charge in [-0.05, 0) is 31.7 Å². The highest BCUT2D eigenvalue weighted by molar-refractivity contribution is 7.99. The Balaban J connectivity index is 2.85. The van der Waals surface area contributed by atoms with Crippen LogP contribution in [0.3, 0.4) is 0 Å². The Labute approximate surface area is 121 Å². The van der Waals surface area contributed by atoms with Crippen LogP contribution in [-0.4, -0.2) is 40.1 Å². The standard InChI is InChI=1S/C13H18N2O4S/c1-8-6-10(15(18)19)4-5-11(8)13(17)14-9(2)12(7-16)20-3/h4-6,9,12,16H,7H2,1-3H3,(H,14,17). The molecular formula is C13H18N2O4S. The predicted molar refractivity (Wildman–Crippen MR) is 79.2 cm³/mol. The second kappa shape index (κ2) is 7.25. The van der Waals surface area contributed by atoms with Crippen molar-refractivity contribution in [1.82, 2.24) is 5.32 Å². The zero-order valence-corrected chi connectivity index (χ0v) is 12.4. The summed E-state index contributed by atoms with van der Waals surface area (Å²) in [6.07, 6.45) is 1.86. The van der Waals surface area contributed by atoms with Crippen molar-refractivity contribution < 1.29 is 14.8 Å². The fraction of sp³-hybridized carbons (Fsp3) is 0.462. The molecule has 1 aromatic carbocycles. The van der Waals surface area contributed by atoms with Gasteiger partial charge in [-0.15, -0.1) is 0 Å². The largest absolute Gasteiger partial charge is 0.395 e. The lowest BCUT2D eigenvalue weighted by Gasteiger charge is -2.21. The molecule has 0 saturated heterocycles. The minimum absolute atomic E-state index is 0.0259. The van der Waals surface area contributed by atoms with Crippen LogP contribution < -0.4 is 5.32 Å². The third kappa shape index (κ3) is 3.94. The van der Waals surface area contributed by atoms with Crippen LogP contribution in [-0.2, 0) is 0 Å². The number of amides is 1. The van der Waals surface area contributed by atoms with Gasteiger partial charge in [0.25, 0.3) is 11.6 Å². The Morgan fingerprint density at radius 3 is 2.65 bits per heavy atom. The fourth-order valence-corrected chi connectivity index (χ4v) is 2.46. The van der Waals surface area contributed by atoms with Crippen LogP contribution in [0.2, 0.25) is 0 Å². The number of nitro groups is 1. The molecule has 2 unspecified atom stereocenters. The summed E-state index contributed by atoms with van der Waals surface area (Å²) in [5, 5.41) is 22.6. The highest BCUT2D eigenvalue weighted by atomic mass is 32.2. The van der Waals surface area contributed by atoms with Gasteiger partial charge in [0.05, 0.1) is 11.5 Å². The van der Waals surface area contributed by atoms with Gasteiger partial charge in [-0.2, -0.15) is 11.8 Å². The van der Waals surface area contributed by atoms with Crippen molar-refractivity contribution in [3.8, 4) is 0 Å². The van der Waals surface area contributed by atoms with Crippen molar-refractivity contribution in [3.63, 3.8) is 0 Å². The number of hydrogen-bond donors (Lipinski definition) is 2. The second-order valence-corrected chi connectivity index (χ2v) is 5.55. The first kappa shape index (κ1) is 16.5. The lowest BCUT2D eigenvalue weighted by molar-refractivity contribution is -0.384. The van der Waals surface area contributed by atoms with E-state index in [0.29, 0.717) is 11.1 Å². The third-order valence-corrected chi connectivity index (χ3v) is 4.23. The Bertz CT molecular complexity index is 503. The molecule has 0 aromatic heterocycles. The van der Waals surface area contributed by atoms with Crippen LogP contribution in [0.25, 0.3) is 0 Å². The summed E-state index contributed by atoms with van der Waals surface area (Å²) >= 11 is 1.47. The van der Waals surface area contributed by atoms with Crippen LogP contribution in [0.15, 0.2) is 18.2 Å². The maximum Gasteiger partial charge on any atom is 0.269 e. The number of benzene rings is 1. The van der Waals surface area contributed by atoms with Gasteiger partial charge in [-0.3, -0.25) is 14.9 Å². The molecule has 2 atom stereocenters. The maximum atomic E-state index is 12.1. The topological polar surface area (TPSA) is 92.5 Å².